The molecular formula is C23H22ClFN6O3. The number of hydrazone groups is 1. The molecule has 11 heteroatoms. The number of hydrogen-bond acceptors (Lipinski definition) is 7. The molecule has 4 rings (SSSR count). The molecule has 0 aliphatic carbocycles. The van der Waals surface area contributed by atoms with Crippen molar-refractivity contribution in [2.75, 3.05) is 5.01 Å². The van der Waals surface area contributed by atoms with E-state index < -0.39 is 23.7 Å². The zero-order valence-electron chi connectivity index (χ0n) is 18.5. The highest BCUT2D eigenvalue weighted by Crippen LogP contribution is 2.28. The van der Waals surface area contributed by atoms with Gasteiger partial charge >= 0.3 is 0 Å². The van der Waals surface area contributed by atoms with E-state index in [9.17, 15) is 14.0 Å². The number of benzene rings is 2. The lowest BCUT2D eigenvalue weighted by Crippen LogP contribution is -2.42. The lowest BCUT2D eigenvalue weighted by Gasteiger charge is -2.24. The van der Waals surface area contributed by atoms with E-state index in [1.807, 2.05) is 13.8 Å². The second kappa shape index (κ2) is 9.60. The molecule has 1 aliphatic heterocycles. The second-order valence-electron chi connectivity index (χ2n) is 8.00. The van der Waals surface area contributed by atoms with Crippen LogP contribution in [0.5, 0.6) is 0 Å². The van der Waals surface area contributed by atoms with E-state index in [0.717, 1.165) is 0 Å². The Balaban J connectivity index is 1.57. The summed E-state index contributed by atoms with van der Waals surface area (Å²) in [5, 5.41) is 14.3. The molecule has 1 unspecified atom stereocenters. The summed E-state index contributed by atoms with van der Waals surface area (Å²) in [5.74, 6) is -1.01. The molecule has 176 valence electrons. The Morgan fingerprint density at radius 1 is 1.21 bits per heavy atom. The Hall–Kier alpha value is -3.79. The molecule has 0 radical (unpaired) electrons. The van der Waals surface area contributed by atoms with Gasteiger partial charge in [-0.25, -0.2) is 4.39 Å². The summed E-state index contributed by atoms with van der Waals surface area (Å²) >= 11 is 6.20. The number of rotatable bonds is 7. The summed E-state index contributed by atoms with van der Waals surface area (Å²) < 4.78 is 19.1. The van der Waals surface area contributed by atoms with Gasteiger partial charge in [0.25, 0.3) is 5.91 Å². The molecule has 2 amide bonds. The molecule has 1 atom stereocenters. The van der Waals surface area contributed by atoms with Crippen LogP contribution in [0.15, 0.2) is 58.0 Å². The highest BCUT2D eigenvalue weighted by atomic mass is 35.5. The maximum absolute atomic E-state index is 13.4. The summed E-state index contributed by atoms with van der Waals surface area (Å²) in [4.78, 5) is 26.9. The van der Waals surface area contributed by atoms with Crippen LogP contribution in [0.25, 0.3) is 11.5 Å². The number of nitrogens with two attached hydrogens (primary N) is 1. The zero-order valence-corrected chi connectivity index (χ0v) is 19.2. The van der Waals surface area contributed by atoms with Crippen molar-refractivity contribution in [3.05, 3.63) is 65.3 Å². The molecule has 0 spiro atoms. The van der Waals surface area contributed by atoms with E-state index in [-0.39, 0.29) is 36.5 Å². The molecule has 1 aromatic heterocycles. The van der Waals surface area contributed by atoms with Gasteiger partial charge in [-0.1, -0.05) is 23.7 Å². The number of nitrogens with zero attached hydrogens (tertiary/aromatic N) is 5. The van der Waals surface area contributed by atoms with Crippen molar-refractivity contribution in [3.63, 3.8) is 0 Å². The topological polar surface area (TPSA) is 118 Å². The molecule has 34 heavy (non-hydrogen) atoms. The molecule has 0 bridgehead atoms. The first kappa shape index (κ1) is 23.4. The van der Waals surface area contributed by atoms with Crippen molar-refractivity contribution < 1.29 is 18.4 Å². The number of amides is 2. The number of anilines is 1. The fraction of sp³-hybridized carbons (Fsp3) is 0.261. The van der Waals surface area contributed by atoms with Gasteiger partial charge in [0.05, 0.1) is 22.8 Å². The largest absolute Gasteiger partial charge is 0.419 e. The van der Waals surface area contributed by atoms with Gasteiger partial charge in [-0.2, -0.15) is 5.10 Å². The van der Waals surface area contributed by atoms with Crippen molar-refractivity contribution in [2.45, 2.75) is 38.9 Å². The molecule has 0 saturated heterocycles. The molecule has 0 saturated carbocycles. The molecule has 1 aliphatic rings. The third kappa shape index (κ3) is 4.76. The van der Waals surface area contributed by atoms with Gasteiger partial charge in [0, 0.05) is 12.5 Å². The van der Waals surface area contributed by atoms with E-state index in [4.69, 9.17) is 21.8 Å². The molecule has 9 nitrogen and oxygen atoms in total. The van der Waals surface area contributed by atoms with Crippen molar-refractivity contribution in [3.8, 4) is 11.5 Å². The third-order valence-corrected chi connectivity index (χ3v) is 5.67. The lowest BCUT2D eigenvalue weighted by molar-refractivity contribution is -0.126. The van der Waals surface area contributed by atoms with Crippen LogP contribution in [-0.2, 0) is 16.1 Å². The van der Waals surface area contributed by atoms with Crippen LogP contribution in [0, 0.1) is 5.82 Å². The summed E-state index contributed by atoms with van der Waals surface area (Å²) in [6.45, 7) is 3.70. The predicted octanol–water partition coefficient (Wildman–Crippen LogP) is 3.39. The monoisotopic (exact) mass is 484 g/mol. The number of aromatic nitrogens is 2. The van der Waals surface area contributed by atoms with Gasteiger partial charge in [0.2, 0.25) is 17.7 Å². The molecule has 3 aromatic rings. The molecular weight excluding hydrogens is 463 g/mol. The number of hydrogen-bond donors (Lipinski definition) is 1. The zero-order chi connectivity index (χ0) is 24.4. The van der Waals surface area contributed by atoms with Crippen LogP contribution in [0.1, 0.15) is 26.2 Å². The molecule has 2 aromatic carbocycles. The summed E-state index contributed by atoms with van der Waals surface area (Å²) in [6.07, 6.45) is 0.0173. The third-order valence-electron chi connectivity index (χ3n) is 5.34. The number of carbonyl (C=O) groups excluding carboxylic acids is 2. The second-order valence-corrected chi connectivity index (χ2v) is 8.40. The summed E-state index contributed by atoms with van der Waals surface area (Å²) in [5.41, 5.74) is 6.73. The lowest BCUT2D eigenvalue weighted by atomic mass is 10.1. The van der Waals surface area contributed by atoms with E-state index in [1.54, 1.807) is 24.3 Å². The molecule has 0 fully saturated rings. The Morgan fingerprint density at radius 3 is 2.56 bits per heavy atom. The fourth-order valence-electron chi connectivity index (χ4n) is 3.55. The average Bonchev–Trinajstić information content (AvgIpc) is 3.45. The highest BCUT2D eigenvalue weighted by Gasteiger charge is 2.37. The van der Waals surface area contributed by atoms with E-state index in [1.165, 1.54) is 34.2 Å². The van der Waals surface area contributed by atoms with E-state index >= 15 is 0 Å². The standard InChI is InChI=1S/C23H22ClFN6O3/c1-13(2)30(12-20-27-28-22(34-20)16-5-3-4-6-17(16)24)23(33)18-11-19(21(26)32)31(29-18)15-9-7-14(25)8-10-15/h3-10,13,19H,11-12H2,1-2H3,(H2,26,32). The van der Waals surface area contributed by atoms with Gasteiger partial charge in [0.15, 0.2) is 0 Å². The summed E-state index contributed by atoms with van der Waals surface area (Å²) in [7, 11) is 0. The van der Waals surface area contributed by atoms with Crippen LogP contribution in [-0.4, -0.2) is 44.7 Å². The maximum atomic E-state index is 13.4. The smallest absolute Gasteiger partial charge is 0.270 e. The van der Waals surface area contributed by atoms with Crippen molar-refractivity contribution in [1.29, 1.82) is 0 Å². The Bertz CT molecular complexity index is 1240. The molecule has 2 heterocycles. The van der Waals surface area contributed by atoms with Crippen molar-refractivity contribution >= 4 is 34.8 Å². The van der Waals surface area contributed by atoms with Gasteiger partial charge in [-0.05, 0) is 50.2 Å². The van der Waals surface area contributed by atoms with Gasteiger partial charge in [-0.15, -0.1) is 10.2 Å². The van der Waals surface area contributed by atoms with Crippen molar-refractivity contribution in [2.24, 2.45) is 10.8 Å². The number of carbonyl (C=O) groups is 2. The Labute approximate surface area is 200 Å². The van der Waals surface area contributed by atoms with Crippen LogP contribution >= 0.6 is 11.6 Å². The first-order valence-corrected chi connectivity index (χ1v) is 10.9. The van der Waals surface area contributed by atoms with Gasteiger partial charge in [0.1, 0.15) is 17.6 Å². The summed E-state index contributed by atoms with van der Waals surface area (Å²) in [6, 6.07) is 11.4. The van der Waals surface area contributed by atoms with Crippen LogP contribution in [0.4, 0.5) is 10.1 Å². The fourth-order valence-corrected chi connectivity index (χ4v) is 3.77. The van der Waals surface area contributed by atoms with Crippen molar-refractivity contribution in [1.82, 2.24) is 15.1 Å². The van der Waals surface area contributed by atoms with Gasteiger partial charge < -0.3 is 15.1 Å². The van der Waals surface area contributed by atoms with Crippen LogP contribution in [0.3, 0.4) is 0 Å². The van der Waals surface area contributed by atoms with Gasteiger partial charge in [-0.3, -0.25) is 14.6 Å². The van der Waals surface area contributed by atoms with E-state index in [2.05, 4.69) is 15.3 Å². The predicted molar refractivity (Wildman–Crippen MR) is 124 cm³/mol. The number of halogens is 2. The first-order chi connectivity index (χ1) is 16.2. The Morgan fingerprint density at radius 2 is 1.91 bits per heavy atom. The molecule has 2 N–H and O–H groups in total. The van der Waals surface area contributed by atoms with Crippen LogP contribution in [0.2, 0.25) is 5.02 Å². The SMILES string of the molecule is CC(C)N(Cc1nnc(-c2ccccc2Cl)o1)C(=O)C1=NN(c2ccc(F)cc2)C(C(N)=O)C1. The average molecular weight is 485 g/mol. The minimum absolute atomic E-state index is 0.0173. The Kier molecular flexibility index (Phi) is 6.60. The van der Waals surface area contributed by atoms with E-state index in [0.29, 0.717) is 16.3 Å². The first-order valence-electron chi connectivity index (χ1n) is 10.5. The van der Waals surface area contributed by atoms with Crippen LogP contribution < -0.4 is 10.7 Å². The number of primary amides is 1. The quantitative estimate of drug-likeness (QED) is 0.549. The minimum Gasteiger partial charge on any atom is -0.419 e. The normalized spacial score (nSPS) is 15.5. The maximum Gasteiger partial charge on any atom is 0.270 e. The highest BCUT2D eigenvalue weighted by molar-refractivity contribution is 6.40. The minimum atomic E-state index is -0.867.